The molecule has 2 aliphatic rings. The van der Waals surface area contributed by atoms with Crippen molar-refractivity contribution in [1.29, 1.82) is 0 Å². The van der Waals surface area contributed by atoms with Crippen LogP contribution in [0.5, 0.6) is 0 Å². The zero-order valence-corrected chi connectivity index (χ0v) is 14.7. The van der Waals surface area contributed by atoms with Crippen LogP contribution < -0.4 is 9.80 Å². The Labute approximate surface area is 144 Å². The summed E-state index contributed by atoms with van der Waals surface area (Å²) < 4.78 is 0. The van der Waals surface area contributed by atoms with Gasteiger partial charge < -0.3 is 9.80 Å². The summed E-state index contributed by atoms with van der Waals surface area (Å²) in [6.07, 6.45) is 8.88. The molecule has 0 fully saturated rings. The number of hydrogen-bond acceptors (Lipinski definition) is 2. The molecule has 24 heavy (non-hydrogen) atoms. The summed E-state index contributed by atoms with van der Waals surface area (Å²) in [6, 6.07) is 13.2. The molecular weight excluding hydrogens is 292 g/mol. The van der Waals surface area contributed by atoms with E-state index in [-0.39, 0.29) is 0 Å². The van der Waals surface area contributed by atoms with Gasteiger partial charge in [0.05, 0.1) is 11.4 Å². The first-order valence-corrected chi connectivity index (χ1v) is 8.34. The third-order valence-electron chi connectivity index (χ3n) is 4.92. The lowest BCUT2D eigenvalue weighted by Gasteiger charge is -2.34. The molecule has 0 unspecified atom stereocenters. The number of likely N-dealkylation sites (N-methyl/N-ethyl adjacent to an activating group) is 2. The lowest BCUT2D eigenvalue weighted by atomic mass is 10.00. The van der Waals surface area contributed by atoms with Crippen molar-refractivity contribution in [3.63, 3.8) is 0 Å². The lowest BCUT2D eigenvalue weighted by Crippen LogP contribution is -2.27. The van der Waals surface area contributed by atoms with E-state index in [9.17, 15) is 0 Å². The van der Waals surface area contributed by atoms with Gasteiger partial charge in [0.2, 0.25) is 0 Å². The van der Waals surface area contributed by atoms with Crippen LogP contribution in [0.15, 0.2) is 59.9 Å². The van der Waals surface area contributed by atoms with Crippen LogP contribution in [0.25, 0.3) is 12.2 Å². The van der Waals surface area contributed by atoms with E-state index in [1.54, 1.807) is 0 Å². The van der Waals surface area contributed by atoms with Crippen molar-refractivity contribution in [2.24, 2.45) is 0 Å². The van der Waals surface area contributed by atoms with Gasteiger partial charge in [-0.1, -0.05) is 35.4 Å². The summed E-state index contributed by atoms with van der Waals surface area (Å²) in [7, 11) is 4.29. The third kappa shape index (κ3) is 2.26. The molecule has 0 spiro atoms. The number of benzene rings is 2. The highest BCUT2D eigenvalue weighted by atomic mass is 15.2. The van der Waals surface area contributed by atoms with Crippen molar-refractivity contribution in [3.05, 3.63) is 82.2 Å². The van der Waals surface area contributed by atoms with Crippen molar-refractivity contribution < 1.29 is 0 Å². The van der Waals surface area contributed by atoms with Crippen LogP contribution in [0, 0.1) is 13.8 Å². The smallest absolute Gasteiger partial charge is 0.0649 e. The summed E-state index contributed by atoms with van der Waals surface area (Å²) in [6.45, 7) is 4.28. The summed E-state index contributed by atoms with van der Waals surface area (Å²) >= 11 is 0. The Bertz CT molecular complexity index is 840. The number of hydrogen-bond donors (Lipinski definition) is 0. The normalized spacial score (nSPS) is 18.7. The predicted molar refractivity (Wildman–Crippen MR) is 104 cm³/mol. The average molecular weight is 314 g/mol. The molecule has 2 aromatic rings. The summed E-state index contributed by atoms with van der Waals surface area (Å²) in [4.78, 5) is 4.56. The zero-order valence-electron chi connectivity index (χ0n) is 14.7. The van der Waals surface area contributed by atoms with Crippen LogP contribution in [0.3, 0.4) is 0 Å². The molecule has 2 heterocycles. The maximum absolute atomic E-state index is 2.28. The molecule has 0 saturated carbocycles. The van der Waals surface area contributed by atoms with E-state index in [0.717, 1.165) is 0 Å². The Morgan fingerprint density at radius 2 is 1.00 bits per heavy atom. The molecule has 2 aliphatic heterocycles. The molecule has 0 atom stereocenters. The van der Waals surface area contributed by atoms with Crippen LogP contribution in [-0.4, -0.2) is 14.1 Å². The van der Waals surface area contributed by atoms with Crippen LogP contribution in [0.1, 0.15) is 22.3 Å². The molecule has 0 saturated heterocycles. The molecule has 0 N–H and O–H groups in total. The molecule has 0 aromatic heterocycles. The average Bonchev–Trinajstić information content (AvgIpc) is 2.56. The van der Waals surface area contributed by atoms with Crippen LogP contribution in [-0.2, 0) is 0 Å². The number of aryl methyl sites for hydroxylation is 2. The monoisotopic (exact) mass is 314 g/mol. The van der Waals surface area contributed by atoms with Gasteiger partial charge in [-0.25, -0.2) is 0 Å². The fraction of sp³-hybridized carbons (Fsp3) is 0.182. The highest BCUT2D eigenvalue weighted by Crippen LogP contribution is 2.36. The quantitative estimate of drug-likeness (QED) is 0.664. The van der Waals surface area contributed by atoms with Gasteiger partial charge in [0.15, 0.2) is 0 Å². The molecule has 0 aliphatic carbocycles. The Kier molecular flexibility index (Phi) is 3.34. The highest BCUT2D eigenvalue weighted by Gasteiger charge is 2.21. The maximum Gasteiger partial charge on any atom is 0.0649 e. The summed E-state index contributed by atoms with van der Waals surface area (Å²) in [5.74, 6) is 0. The van der Waals surface area contributed by atoms with Gasteiger partial charge in [0.1, 0.15) is 0 Å². The first-order valence-electron chi connectivity index (χ1n) is 8.34. The third-order valence-corrected chi connectivity index (χ3v) is 4.92. The first kappa shape index (κ1) is 14.8. The van der Waals surface area contributed by atoms with E-state index >= 15 is 0 Å². The van der Waals surface area contributed by atoms with Crippen LogP contribution >= 0.6 is 0 Å². The molecule has 2 aromatic carbocycles. The summed E-state index contributed by atoms with van der Waals surface area (Å²) in [5, 5.41) is 0. The van der Waals surface area contributed by atoms with Crippen molar-refractivity contribution in [2.45, 2.75) is 13.8 Å². The van der Waals surface area contributed by atoms with E-state index in [0.29, 0.717) is 0 Å². The molecule has 2 nitrogen and oxygen atoms in total. The topological polar surface area (TPSA) is 6.48 Å². The lowest BCUT2D eigenvalue weighted by molar-refractivity contribution is 1.03. The number of allylic oxidation sites excluding steroid dienone is 2. The molecule has 2 heteroatoms. The van der Waals surface area contributed by atoms with E-state index in [4.69, 9.17) is 0 Å². The number of rotatable bonds is 0. The zero-order chi connectivity index (χ0) is 16.8. The minimum Gasteiger partial charge on any atom is -0.342 e. The van der Waals surface area contributed by atoms with Crippen molar-refractivity contribution in [3.8, 4) is 0 Å². The van der Waals surface area contributed by atoms with Crippen LogP contribution in [0.4, 0.5) is 11.4 Å². The van der Waals surface area contributed by atoms with Gasteiger partial charge in [0.25, 0.3) is 0 Å². The summed E-state index contributed by atoms with van der Waals surface area (Å²) in [5.41, 5.74) is 10.1. The first-order chi connectivity index (χ1) is 11.5. The second-order valence-electron chi connectivity index (χ2n) is 6.68. The number of fused-ring (bicyclic) bond motifs is 2. The Hall–Kier alpha value is -2.74. The standard InChI is InChI=1S/C22H22N2/c1-15-5-9-19-17(13-15)7-11-21(23(19)3)22-12-8-18-14-16(2)6-10-20(18)24(22)4/h5-14H,1-4H3/b22-21+. The Morgan fingerprint density at radius 1 is 0.583 bits per heavy atom. The van der Waals surface area contributed by atoms with Gasteiger partial charge in [-0.3, -0.25) is 0 Å². The van der Waals surface area contributed by atoms with Crippen LogP contribution in [0.2, 0.25) is 0 Å². The second-order valence-corrected chi connectivity index (χ2v) is 6.68. The maximum atomic E-state index is 2.28. The van der Waals surface area contributed by atoms with Crippen molar-refractivity contribution in [1.82, 2.24) is 0 Å². The largest absolute Gasteiger partial charge is 0.342 e. The van der Waals surface area contributed by atoms with E-state index in [1.807, 2.05) is 0 Å². The molecular formula is C22H22N2. The van der Waals surface area contributed by atoms with Gasteiger partial charge in [0, 0.05) is 25.5 Å². The van der Waals surface area contributed by atoms with E-state index in [2.05, 4.69) is 98.4 Å². The van der Waals surface area contributed by atoms with E-state index in [1.165, 1.54) is 45.0 Å². The minimum absolute atomic E-state index is 1.22. The highest BCUT2D eigenvalue weighted by molar-refractivity contribution is 5.82. The SMILES string of the molecule is Cc1ccc2c(c1)C=C/C(=C1/C=Cc3cc(C)ccc3N1C)N2C. The van der Waals surface area contributed by atoms with Gasteiger partial charge in [-0.15, -0.1) is 0 Å². The van der Waals surface area contributed by atoms with Crippen molar-refractivity contribution >= 4 is 23.5 Å². The fourth-order valence-electron chi connectivity index (χ4n) is 3.56. The Morgan fingerprint density at radius 3 is 1.42 bits per heavy atom. The van der Waals surface area contributed by atoms with Gasteiger partial charge >= 0.3 is 0 Å². The van der Waals surface area contributed by atoms with Gasteiger partial charge in [-0.2, -0.15) is 0 Å². The molecule has 4 rings (SSSR count). The molecule has 0 amide bonds. The molecule has 120 valence electrons. The minimum atomic E-state index is 1.22. The number of nitrogens with zero attached hydrogens (tertiary/aromatic N) is 2. The van der Waals surface area contributed by atoms with Crippen molar-refractivity contribution in [2.75, 3.05) is 23.9 Å². The van der Waals surface area contributed by atoms with Gasteiger partial charge in [-0.05, 0) is 61.4 Å². The molecule has 0 bridgehead atoms. The Balaban J connectivity index is 1.82. The predicted octanol–water partition coefficient (Wildman–Crippen LogP) is 5.14. The van der Waals surface area contributed by atoms with E-state index < -0.39 is 0 Å². The fourth-order valence-corrected chi connectivity index (χ4v) is 3.56. The second kappa shape index (κ2) is 5.41. The molecule has 0 radical (unpaired) electrons. The number of anilines is 2.